The molecule has 0 saturated carbocycles. The van der Waals surface area contributed by atoms with Crippen LogP contribution in [0.3, 0.4) is 0 Å². The van der Waals surface area contributed by atoms with E-state index >= 15 is 0 Å². The van der Waals surface area contributed by atoms with Crippen molar-refractivity contribution in [2.45, 2.75) is 16.7 Å². The summed E-state index contributed by atoms with van der Waals surface area (Å²) in [5.74, 6) is -1.04. The zero-order valence-corrected chi connectivity index (χ0v) is 16.7. The number of carboxylic acids is 1. The monoisotopic (exact) mass is 411 g/mol. The number of carboxylic acid groups (broad SMARTS) is 1. The van der Waals surface area contributed by atoms with E-state index in [1.807, 2.05) is 24.3 Å². The minimum Gasteiger partial charge on any atom is -0.477 e. The van der Waals surface area contributed by atoms with E-state index in [1.165, 1.54) is 34.2 Å². The highest BCUT2D eigenvalue weighted by Crippen LogP contribution is 2.31. The predicted molar refractivity (Wildman–Crippen MR) is 118 cm³/mol. The Morgan fingerprint density at radius 2 is 1.63 bits per heavy atom. The third-order valence-corrected chi connectivity index (χ3v) is 5.90. The van der Waals surface area contributed by atoms with Crippen LogP contribution in [0.25, 0.3) is 21.8 Å². The topological polar surface area (TPSA) is 68.0 Å². The summed E-state index contributed by atoms with van der Waals surface area (Å²) in [5.41, 5.74) is 3.15. The second kappa shape index (κ2) is 7.65. The lowest BCUT2D eigenvalue weighted by Gasteiger charge is -2.11. The maximum atomic E-state index is 11.3. The lowest BCUT2D eigenvalue weighted by atomic mass is 10.0. The highest BCUT2D eigenvalue weighted by atomic mass is 32.2. The quantitative estimate of drug-likeness (QED) is 0.415. The van der Waals surface area contributed by atoms with Crippen LogP contribution in [0.5, 0.6) is 0 Å². The molecule has 0 saturated heterocycles. The van der Waals surface area contributed by atoms with Crippen molar-refractivity contribution in [3.8, 4) is 0 Å². The van der Waals surface area contributed by atoms with Crippen molar-refractivity contribution in [1.29, 1.82) is 0 Å². The van der Waals surface area contributed by atoms with Gasteiger partial charge in [0.1, 0.15) is 10.7 Å². The van der Waals surface area contributed by atoms with Crippen LogP contribution >= 0.6 is 11.8 Å². The van der Waals surface area contributed by atoms with Crippen molar-refractivity contribution in [2.75, 3.05) is 0 Å². The standard InChI is InChI=1S/C24H17N3O2S/c28-23(29)20-12-6-14-22(25-20)30-24-26-19-11-3-4-13-21(19)27(24)15-17-9-5-8-16-7-1-2-10-18(16)17/h1-14H,15H2,(H,28,29). The van der Waals surface area contributed by atoms with Crippen LogP contribution in [-0.2, 0) is 6.54 Å². The number of nitrogens with zero attached hydrogens (tertiary/aromatic N) is 3. The number of hydrogen-bond acceptors (Lipinski definition) is 4. The molecule has 6 heteroatoms. The summed E-state index contributed by atoms with van der Waals surface area (Å²) < 4.78 is 2.16. The summed E-state index contributed by atoms with van der Waals surface area (Å²) in [7, 11) is 0. The van der Waals surface area contributed by atoms with Gasteiger partial charge in [0.2, 0.25) is 0 Å². The third kappa shape index (κ3) is 3.42. The summed E-state index contributed by atoms with van der Waals surface area (Å²) in [5, 5.41) is 13.0. The molecule has 5 aromatic rings. The fourth-order valence-electron chi connectivity index (χ4n) is 3.57. The van der Waals surface area contributed by atoms with Gasteiger partial charge in [-0.25, -0.2) is 14.8 Å². The molecule has 0 spiro atoms. The molecule has 0 aliphatic heterocycles. The van der Waals surface area contributed by atoms with Crippen LogP contribution in [0.1, 0.15) is 16.1 Å². The van der Waals surface area contributed by atoms with Gasteiger partial charge in [0.05, 0.1) is 17.6 Å². The highest BCUT2D eigenvalue weighted by Gasteiger charge is 2.15. The second-order valence-corrected chi connectivity index (χ2v) is 7.86. The average molecular weight is 411 g/mol. The van der Waals surface area contributed by atoms with Gasteiger partial charge in [-0.05, 0) is 52.4 Å². The van der Waals surface area contributed by atoms with Gasteiger partial charge in [-0.1, -0.05) is 60.7 Å². The lowest BCUT2D eigenvalue weighted by molar-refractivity contribution is 0.0689. The van der Waals surface area contributed by atoms with Gasteiger partial charge in [-0.2, -0.15) is 0 Å². The van der Waals surface area contributed by atoms with E-state index in [0.29, 0.717) is 11.6 Å². The van der Waals surface area contributed by atoms with E-state index in [1.54, 1.807) is 12.1 Å². The molecular formula is C24H17N3O2S. The van der Waals surface area contributed by atoms with Gasteiger partial charge in [-0.15, -0.1) is 0 Å². The highest BCUT2D eigenvalue weighted by molar-refractivity contribution is 7.99. The third-order valence-electron chi connectivity index (χ3n) is 4.97. The average Bonchev–Trinajstić information content (AvgIpc) is 3.11. The zero-order chi connectivity index (χ0) is 20.5. The number of fused-ring (bicyclic) bond motifs is 2. The number of pyridine rings is 1. The summed E-state index contributed by atoms with van der Waals surface area (Å²) >= 11 is 1.37. The van der Waals surface area contributed by atoms with Crippen molar-refractivity contribution in [3.05, 3.63) is 96.2 Å². The summed E-state index contributed by atoms with van der Waals surface area (Å²) in [6.07, 6.45) is 0. The summed E-state index contributed by atoms with van der Waals surface area (Å²) in [4.78, 5) is 20.3. The molecule has 5 nitrogen and oxygen atoms in total. The minimum atomic E-state index is -1.04. The second-order valence-electron chi connectivity index (χ2n) is 6.88. The van der Waals surface area contributed by atoms with Crippen LogP contribution in [0.4, 0.5) is 0 Å². The first-order valence-corrected chi connectivity index (χ1v) is 10.3. The van der Waals surface area contributed by atoms with Gasteiger partial charge < -0.3 is 9.67 Å². The Hall–Kier alpha value is -3.64. The molecule has 3 aromatic carbocycles. The number of aromatic nitrogens is 3. The van der Waals surface area contributed by atoms with E-state index in [2.05, 4.69) is 52.0 Å². The normalized spacial score (nSPS) is 11.2. The molecule has 0 atom stereocenters. The molecular weight excluding hydrogens is 394 g/mol. The lowest BCUT2D eigenvalue weighted by Crippen LogP contribution is -2.03. The molecule has 0 aliphatic rings. The molecule has 0 unspecified atom stereocenters. The van der Waals surface area contributed by atoms with Crippen LogP contribution in [0, 0.1) is 0 Å². The van der Waals surface area contributed by atoms with Crippen molar-refractivity contribution < 1.29 is 9.90 Å². The predicted octanol–water partition coefficient (Wildman–Crippen LogP) is 5.48. The molecule has 5 rings (SSSR count). The van der Waals surface area contributed by atoms with E-state index in [-0.39, 0.29) is 5.69 Å². The zero-order valence-electron chi connectivity index (χ0n) is 15.9. The maximum absolute atomic E-state index is 11.3. The molecule has 2 aromatic heterocycles. The smallest absolute Gasteiger partial charge is 0.354 e. The SMILES string of the molecule is O=C(O)c1cccc(Sc2nc3ccccc3n2Cc2cccc3ccccc23)n1. The minimum absolute atomic E-state index is 0.0247. The van der Waals surface area contributed by atoms with E-state index < -0.39 is 5.97 Å². The van der Waals surface area contributed by atoms with E-state index in [4.69, 9.17) is 4.98 Å². The molecule has 0 aliphatic carbocycles. The van der Waals surface area contributed by atoms with Crippen LogP contribution in [-0.4, -0.2) is 25.6 Å². The number of aromatic carboxylic acids is 1. The Morgan fingerprint density at radius 1 is 0.867 bits per heavy atom. The summed E-state index contributed by atoms with van der Waals surface area (Å²) in [6, 6.07) is 27.7. The molecule has 0 fully saturated rings. The van der Waals surface area contributed by atoms with Crippen molar-refractivity contribution in [3.63, 3.8) is 0 Å². The van der Waals surface area contributed by atoms with Crippen molar-refractivity contribution >= 4 is 39.5 Å². The summed E-state index contributed by atoms with van der Waals surface area (Å²) in [6.45, 7) is 0.656. The van der Waals surface area contributed by atoms with Crippen LogP contribution in [0.2, 0.25) is 0 Å². The largest absolute Gasteiger partial charge is 0.477 e. The van der Waals surface area contributed by atoms with Gasteiger partial charge in [0.15, 0.2) is 5.16 Å². The molecule has 30 heavy (non-hydrogen) atoms. The fraction of sp³-hybridized carbons (Fsp3) is 0.0417. The first kappa shape index (κ1) is 18.4. The Labute approximate surface area is 177 Å². The Balaban J connectivity index is 1.61. The van der Waals surface area contributed by atoms with Gasteiger partial charge in [0, 0.05) is 0 Å². The van der Waals surface area contributed by atoms with Crippen molar-refractivity contribution in [1.82, 2.24) is 14.5 Å². The number of rotatable bonds is 5. The number of hydrogen-bond donors (Lipinski definition) is 1. The van der Waals surface area contributed by atoms with Gasteiger partial charge >= 0.3 is 5.97 Å². The number of para-hydroxylation sites is 2. The van der Waals surface area contributed by atoms with E-state index in [9.17, 15) is 9.90 Å². The molecule has 1 N–H and O–H groups in total. The maximum Gasteiger partial charge on any atom is 0.354 e. The van der Waals surface area contributed by atoms with Crippen LogP contribution in [0.15, 0.2) is 95.1 Å². The number of carbonyl (C=O) groups is 1. The molecule has 2 heterocycles. The number of imidazole rings is 1. The Bertz CT molecular complexity index is 1390. The first-order valence-electron chi connectivity index (χ1n) is 9.49. The molecule has 0 amide bonds. The first-order chi connectivity index (χ1) is 14.7. The van der Waals surface area contributed by atoms with Crippen molar-refractivity contribution in [2.24, 2.45) is 0 Å². The molecule has 0 bridgehead atoms. The Morgan fingerprint density at radius 3 is 2.53 bits per heavy atom. The fourth-order valence-corrected chi connectivity index (χ4v) is 4.46. The molecule has 0 radical (unpaired) electrons. The van der Waals surface area contributed by atoms with E-state index in [0.717, 1.165) is 16.2 Å². The van der Waals surface area contributed by atoms with Gasteiger partial charge in [0.25, 0.3) is 0 Å². The Kier molecular flexibility index (Phi) is 4.69. The van der Waals surface area contributed by atoms with Gasteiger partial charge in [-0.3, -0.25) is 0 Å². The number of benzene rings is 3. The molecule has 146 valence electrons. The van der Waals surface area contributed by atoms with Crippen LogP contribution < -0.4 is 0 Å².